The molecule has 3 aromatic rings. The number of rotatable bonds is 0. The molecule has 0 amide bonds. The molecule has 0 unspecified atom stereocenters. The molecule has 5 rings (SSSR count). The number of ether oxygens (including phenoxy) is 1. The fraction of sp³-hybridized carbons (Fsp3) is 0.250. The van der Waals surface area contributed by atoms with Crippen molar-refractivity contribution in [1.29, 1.82) is 0 Å². The molecule has 114 valence electrons. The number of allylic oxidation sites excluding steroid dienone is 1. The van der Waals surface area contributed by atoms with Crippen LogP contribution in [0.15, 0.2) is 39.7 Å². The summed E-state index contributed by atoms with van der Waals surface area (Å²) in [5.74, 6) is 0.824. The summed E-state index contributed by atoms with van der Waals surface area (Å²) in [4.78, 5) is 12.4. The quantitative estimate of drug-likeness (QED) is 0.451. The molecule has 3 heteroatoms. The van der Waals surface area contributed by atoms with Crippen molar-refractivity contribution in [3.05, 3.63) is 57.6 Å². The minimum atomic E-state index is -0.170. The largest absolute Gasteiger partial charge is 0.464 e. The smallest absolute Gasteiger partial charge is 0.339 e. The van der Waals surface area contributed by atoms with E-state index < -0.39 is 0 Å². The van der Waals surface area contributed by atoms with Gasteiger partial charge >= 0.3 is 5.63 Å². The summed E-state index contributed by atoms with van der Waals surface area (Å²) in [7, 11) is 0. The first kappa shape index (κ1) is 12.9. The molecule has 1 aliphatic carbocycles. The lowest BCUT2D eigenvalue weighted by atomic mass is 9.87. The van der Waals surface area contributed by atoms with Crippen molar-refractivity contribution >= 4 is 27.3 Å². The summed E-state index contributed by atoms with van der Waals surface area (Å²) >= 11 is 0. The van der Waals surface area contributed by atoms with Gasteiger partial charge in [-0.3, -0.25) is 0 Å². The first-order valence-corrected chi connectivity index (χ1v) is 8.12. The Hall–Kier alpha value is -2.55. The van der Waals surface area contributed by atoms with Crippen molar-refractivity contribution in [3.8, 4) is 5.75 Å². The fourth-order valence-corrected chi connectivity index (χ4v) is 3.97. The Bertz CT molecular complexity index is 1070. The van der Waals surface area contributed by atoms with Gasteiger partial charge in [0, 0.05) is 21.7 Å². The van der Waals surface area contributed by atoms with Gasteiger partial charge < -0.3 is 9.15 Å². The molecular formula is C20H16O3. The van der Waals surface area contributed by atoms with Crippen molar-refractivity contribution in [3.63, 3.8) is 0 Å². The van der Waals surface area contributed by atoms with E-state index in [1.807, 2.05) is 18.2 Å². The highest BCUT2D eigenvalue weighted by Crippen LogP contribution is 2.41. The van der Waals surface area contributed by atoms with Gasteiger partial charge in [0.25, 0.3) is 0 Å². The lowest BCUT2D eigenvalue weighted by Crippen LogP contribution is -2.16. The normalized spacial score (nSPS) is 16.1. The summed E-state index contributed by atoms with van der Waals surface area (Å²) in [6.45, 7) is 2.06. The maximum atomic E-state index is 12.4. The molecule has 2 heterocycles. The average molecular weight is 304 g/mol. The Balaban J connectivity index is 2.04. The Morgan fingerprint density at radius 2 is 1.87 bits per heavy atom. The number of benzene rings is 2. The molecule has 0 saturated carbocycles. The third-order valence-electron chi connectivity index (χ3n) is 5.10. The van der Waals surface area contributed by atoms with Crippen LogP contribution in [-0.4, -0.2) is 0 Å². The van der Waals surface area contributed by atoms with E-state index in [9.17, 15) is 4.79 Å². The van der Waals surface area contributed by atoms with E-state index >= 15 is 0 Å². The van der Waals surface area contributed by atoms with E-state index in [0.717, 1.165) is 58.7 Å². The van der Waals surface area contributed by atoms with Crippen LogP contribution in [0.5, 0.6) is 5.75 Å². The molecule has 0 spiro atoms. The topological polar surface area (TPSA) is 39.4 Å². The molecule has 1 aliphatic heterocycles. The van der Waals surface area contributed by atoms with Gasteiger partial charge in [-0.05, 0) is 61.4 Å². The lowest BCUT2D eigenvalue weighted by Gasteiger charge is -2.21. The second-order valence-corrected chi connectivity index (χ2v) is 6.45. The van der Waals surface area contributed by atoms with Gasteiger partial charge in [-0.25, -0.2) is 4.79 Å². The van der Waals surface area contributed by atoms with Gasteiger partial charge in [0.1, 0.15) is 11.3 Å². The number of fused-ring (bicyclic) bond motifs is 4. The summed E-state index contributed by atoms with van der Waals surface area (Å²) in [6, 6.07) is 8.11. The molecule has 0 N–H and O–H groups in total. The van der Waals surface area contributed by atoms with Crippen LogP contribution in [0.1, 0.15) is 36.5 Å². The zero-order valence-corrected chi connectivity index (χ0v) is 12.9. The van der Waals surface area contributed by atoms with E-state index in [0.29, 0.717) is 5.58 Å². The molecule has 0 fully saturated rings. The Morgan fingerprint density at radius 3 is 2.74 bits per heavy atom. The highest BCUT2D eigenvalue weighted by Gasteiger charge is 2.23. The third-order valence-corrected chi connectivity index (χ3v) is 5.10. The minimum absolute atomic E-state index is 0.170. The highest BCUT2D eigenvalue weighted by atomic mass is 16.5. The van der Waals surface area contributed by atoms with Crippen molar-refractivity contribution in [1.82, 2.24) is 0 Å². The van der Waals surface area contributed by atoms with Crippen LogP contribution in [0.3, 0.4) is 0 Å². The number of aryl methyl sites for hydroxylation is 1. The van der Waals surface area contributed by atoms with E-state index in [2.05, 4.69) is 13.0 Å². The monoisotopic (exact) mass is 304 g/mol. The molecule has 2 aromatic carbocycles. The first-order chi connectivity index (χ1) is 11.2. The van der Waals surface area contributed by atoms with E-state index in [-0.39, 0.29) is 5.63 Å². The number of hydrogen-bond donors (Lipinski definition) is 0. The summed E-state index contributed by atoms with van der Waals surface area (Å²) in [5, 5.41) is 3.10. The van der Waals surface area contributed by atoms with E-state index in [1.54, 1.807) is 6.26 Å². The molecule has 0 radical (unpaired) electrons. The molecule has 0 atom stereocenters. The zero-order valence-electron chi connectivity index (χ0n) is 12.9. The summed E-state index contributed by atoms with van der Waals surface area (Å²) in [6.07, 6.45) is 5.80. The van der Waals surface area contributed by atoms with Crippen LogP contribution in [0, 0.1) is 0 Å². The maximum absolute atomic E-state index is 12.4. The van der Waals surface area contributed by atoms with E-state index in [1.165, 1.54) is 11.1 Å². The second-order valence-electron chi connectivity index (χ2n) is 6.45. The predicted molar refractivity (Wildman–Crippen MR) is 90.9 cm³/mol. The van der Waals surface area contributed by atoms with Gasteiger partial charge in [-0.2, -0.15) is 0 Å². The van der Waals surface area contributed by atoms with E-state index in [4.69, 9.17) is 9.15 Å². The van der Waals surface area contributed by atoms with Gasteiger partial charge in [-0.1, -0.05) is 12.1 Å². The summed E-state index contributed by atoms with van der Waals surface area (Å²) < 4.78 is 11.5. The summed E-state index contributed by atoms with van der Waals surface area (Å²) in [5.41, 5.74) is 4.87. The minimum Gasteiger partial charge on any atom is -0.464 e. The van der Waals surface area contributed by atoms with Crippen molar-refractivity contribution in [2.24, 2.45) is 0 Å². The second kappa shape index (κ2) is 4.48. The maximum Gasteiger partial charge on any atom is 0.339 e. The number of hydrogen-bond acceptors (Lipinski definition) is 3. The van der Waals surface area contributed by atoms with Crippen molar-refractivity contribution in [2.45, 2.75) is 32.6 Å². The van der Waals surface area contributed by atoms with Crippen LogP contribution < -0.4 is 10.4 Å². The Kier molecular flexibility index (Phi) is 2.52. The van der Waals surface area contributed by atoms with Crippen LogP contribution in [-0.2, 0) is 12.8 Å². The van der Waals surface area contributed by atoms with Crippen LogP contribution in [0.4, 0.5) is 0 Å². The van der Waals surface area contributed by atoms with Gasteiger partial charge in [0.15, 0.2) is 0 Å². The van der Waals surface area contributed by atoms with Crippen molar-refractivity contribution in [2.75, 3.05) is 0 Å². The van der Waals surface area contributed by atoms with Crippen LogP contribution in [0.25, 0.3) is 27.3 Å². The predicted octanol–water partition coefficient (Wildman–Crippen LogP) is 4.58. The van der Waals surface area contributed by atoms with Gasteiger partial charge in [-0.15, -0.1) is 0 Å². The molecule has 0 saturated heterocycles. The highest BCUT2D eigenvalue weighted by molar-refractivity contribution is 6.12. The average Bonchev–Trinajstić information content (AvgIpc) is 2.59. The molecule has 1 aromatic heterocycles. The molecule has 2 aliphatic rings. The van der Waals surface area contributed by atoms with Crippen LogP contribution in [0.2, 0.25) is 0 Å². The van der Waals surface area contributed by atoms with Gasteiger partial charge in [0.2, 0.25) is 0 Å². The SMILES string of the molecule is CC1=COc2cccc3c2c1cc1c2c(c(=O)oc13)CCCC2. The molecular weight excluding hydrogens is 288 g/mol. The Morgan fingerprint density at radius 1 is 1.04 bits per heavy atom. The zero-order chi connectivity index (χ0) is 15.6. The molecule has 0 bridgehead atoms. The van der Waals surface area contributed by atoms with Crippen LogP contribution >= 0.6 is 0 Å². The first-order valence-electron chi connectivity index (χ1n) is 8.12. The lowest BCUT2D eigenvalue weighted by molar-refractivity contribution is 0.485. The van der Waals surface area contributed by atoms with Gasteiger partial charge in [0.05, 0.1) is 6.26 Å². The Labute approximate surface area is 133 Å². The standard InChI is InChI=1S/C20H16O3/c1-11-10-22-17-8-4-7-14-18(17)15(11)9-16-12-5-2-3-6-13(12)20(21)23-19(14)16/h4,7-10H,2-3,5-6H2,1H3. The van der Waals surface area contributed by atoms with Crippen molar-refractivity contribution < 1.29 is 9.15 Å². The molecule has 3 nitrogen and oxygen atoms in total. The molecule has 23 heavy (non-hydrogen) atoms. The third kappa shape index (κ3) is 1.68. The fourth-order valence-electron chi connectivity index (χ4n) is 3.97.